The molecular formula is C13H18N4O3S. The lowest BCUT2D eigenvalue weighted by atomic mass is 10.2. The first kappa shape index (κ1) is 15.5. The Balaban J connectivity index is 1.93. The summed E-state index contributed by atoms with van der Waals surface area (Å²) in [4.78, 5) is 12.1. The van der Waals surface area contributed by atoms with Gasteiger partial charge in [0, 0.05) is 27.1 Å². The van der Waals surface area contributed by atoms with Gasteiger partial charge >= 0.3 is 0 Å². The van der Waals surface area contributed by atoms with Crippen molar-refractivity contribution in [3.63, 3.8) is 0 Å². The first-order valence-corrected chi connectivity index (χ1v) is 6.90. The van der Waals surface area contributed by atoms with E-state index in [2.05, 4.69) is 15.5 Å². The van der Waals surface area contributed by atoms with Crippen LogP contribution in [0.15, 0.2) is 10.5 Å². The molecule has 0 aliphatic rings. The molecule has 0 aliphatic carbocycles. The largest absolute Gasteiger partial charge is 0.463 e. The number of nitrogens with one attached hydrogen (secondary N) is 2. The molecule has 2 N–H and O–H groups in total. The lowest BCUT2D eigenvalue weighted by Crippen LogP contribution is -2.26. The van der Waals surface area contributed by atoms with Gasteiger partial charge in [-0.25, -0.2) is 0 Å². The maximum atomic E-state index is 12.1. The van der Waals surface area contributed by atoms with Crippen molar-refractivity contribution in [1.29, 1.82) is 0 Å². The van der Waals surface area contributed by atoms with Crippen LogP contribution in [0.5, 0.6) is 0 Å². The van der Waals surface area contributed by atoms with Gasteiger partial charge in [0.05, 0.1) is 5.56 Å². The van der Waals surface area contributed by atoms with E-state index in [0.717, 1.165) is 5.82 Å². The van der Waals surface area contributed by atoms with E-state index in [4.69, 9.17) is 21.4 Å². The smallest absolute Gasteiger partial charge is 0.254 e. The van der Waals surface area contributed by atoms with E-state index in [9.17, 15) is 4.79 Å². The van der Waals surface area contributed by atoms with Crippen LogP contribution in [0.1, 0.15) is 27.7 Å². The maximum absolute atomic E-state index is 12.1. The lowest BCUT2D eigenvalue weighted by Gasteiger charge is -2.03. The second-order valence-corrected chi connectivity index (χ2v) is 5.01. The van der Waals surface area contributed by atoms with Crippen LogP contribution in [0.3, 0.4) is 0 Å². The van der Waals surface area contributed by atoms with Crippen molar-refractivity contribution >= 4 is 18.1 Å². The van der Waals surface area contributed by atoms with E-state index < -0.39 is 0 Å². The van der Waals surface area contributed by atoms with Crippen molar-refractivity contribution < 1.29 is 13.9 Å². The van der Waals surface area contributed by atoms with Crippen LogP contribution < -0.4 is 5.32 Å². The molecule has 2 heterocycles. The lowest BCUT2D eigenvalue weighted by molar-refractivity contribution is 0.0952. The van der Waals surface area contributed by atoms with Gasteiger partial charge in [0.25, 0.3) is 5.91 Å². The summed E-state index contributed by atoms with van der Waals surface area (Å²) in [6.07, 6.45) is 0.594. The molecule has 0 saturated heterocycles. The third kappa shape index (κ3) is 3.59. The Labute approximate surface area is 127 Å². The number of ether oxygens (including phenoxy) is 1. The summed E-state index contributed by atoms with van der Waals surface area (Å²) in [6, 6.07) is 1.70. The zero-order chi connectivity index (χ0) is 15.4. The average Bonchev–Trinajstić information content (AvgIpc) is 2.96. The number of furan rings is 1. The Bertz CT molecular complexity index is 686. The predicted molar refractivity (Wildman–Crippen MR) is 78.6 cm³/mol. The van der Waals surface area contributed by atoms with Crippen LogP contribution in [0.2, 0.25) is 0 Å². The third-order valence-electron chi connectivity index (χ3n) is 3.11. The molecule has 0 aliphatic heterocycles. The van der Waals surface area contributed by atoms with Gasteiger partial charge < -0.3 is 19.0 Å². The number of rotatable bonds is 6. The number of nitrogens with zero attached hydrogens (tertiary/aromatic N) is 2. The second kappa shape index (κ2) is 6.68. The molecule has 0 unspecified atom stereocenters. The molecule has 8 heteroatoms. The zero-order valence-electron chi connectivity index (χ0n) is 12.2. The van der Waals surface area contributed by atoms with Crippen molar-refractivity contribution in [3.05, 3.63) is 33.7 Å². The molecule has 0 spiro atoms. The van der Waals surface area contributed by atoms with Crippen molar-refractivity contribution in [2.45, 2.75) is 20.0 Å². The monoisotopic (exact) mass is 310 g/mol. The van der Waals surface area contributed by atoms with Crippen molar-refractivity contribution in [1.82, 2.24) is 20.1 Å². The highest BCUT2D eigenvalue weighted by Crippen LogP contribution is 2.15. The molecule has 2 aromatic rings. The fourth-order valence-electron chi connectivity index (χ4n) is 1.97. The summed E-state index contributed by atoms with van der Waals surface area (Å²) in [5, 5.41) is 9.64. The fourth-order valence-corrected chi connectivity index (χ4v) is 2.12. The molecule has 114 valence electrons. The van der Waals surface area contributed by atoms with E-state index in [0.29, 0.717) is 41.4 Å². The Morgan fingerprint density at radius 1 is 1.62 bits per heavy atom. The highest BCUT2D eigenvalue weighted by Gasteiger charge is 2.14. The SMILES string of the molecule is COCc1cc(C(=O)NCCc2n[nH]c(=S)n2C)c(C)o1. The van der Waals surface area contributed by atoms with Crippen molar-refractivity contribution in [3.8, 4) is 0 Å². The van der Waals surface area contributed by atoms with Gasteiger partial charge in [0.15, 0.2) is 4.77 Å². The van der Waals surface area contributed by atoms with E-state index in [1.54, 1.807) is 24.7 Å². The van der Waals surface area contributed by atoms with E-state index in [1.165, 1.54) is 0 Å². The first-order valence-electron chi connectivity index (χ1n) is 6.49. The first-order chi connectivity index (χ1) is 10.0. The number of aromatic amines is 1. The Morgan fingerprint density at radius 3 is 3.00 bits per heavy atom. The number of hydrogen-bond donors (Lipinski definition) is 2. The van der Waals surface area contributed by atoms with Crippen LogP contribution >= 0.6 is 12.2 Å². The quantitative estimate of drug-likeness (QED) is 0.790. The number of aromatic nitrogens is 3. The number of amides is 1. The highest BCUT2D eigenvalue weighted by molar-refractivity contribution is 7.71. The van der Waals surface area contributed by atoms with Crippen LogP contribution in [-0.2, 0) is 24.8 Å². The van der Waals surface area contributed by atoms with Gasteiger partial charge in [-0.05, 0) is 25.2 Å². The molecule has 1 amide bonds. The Kier molecular flexibility index (Phi) is 4.92. The van der Waals surface area contributed by atoms with E-state index in [1.807, 2.05) is 7.05 Å². The van der Waals surface area contributed by atoms with Crippen LogP contribution in [0.4, 0.5) is 0 Å². The topological polar surface area (TPSA) is 85.1 Å². The fraction of sp³-hybridized carbons (Fsp3) is 0.462. The average molecular weight is 310 g/mol. The van der Waals surface area contributed by atoms with E-state index >= 15 is 0 Å². The molecule has 2 rings (SSSR count). The second-order valence-electron chi connectivity index (χ2n) is 4.63. The molecule has 0 atom stereocenters. The number of methoxy groups -OCH3 is 1. The summed E-state index contributed by atoms with van der Waals surface area (Å²) >= 11 is 5.03. The summed E-state index contributed by atoms with van der Waals surface area (Å²) in [7, 11) is 3.41. The minimum atomic E-state index is -0.171. The predicted octanol–water partition coefficient (Wildman–Crippen LogP) is 1.50. The normalized spacial score (nSPS) is 10.8. The number of aryl methyl sites for hydroxylation is 1. The number of carbonyl (C=O) groups is 1. The van der Waals surface area contributed by atoms with Gasteiger partial charge in [-0.1, -0.05) is 0 Å². The van der Waals surface area contributed by atoms with Crippen molar-refractivity contribution in [2.75, 3.05) is 13.7 Å². The molecule has 0 bridgehead atoms. The Hall–Kier alpha value is -1.93. The summed E-state index contributed by atoms with van der Waals surface area (Å²) in [5.41, 5.74) is 0.525. The maximum Gasteiger partial charge on any atom is 0.254 e. The van der Waals surface area contributed by atoms with Gasteiger partial charge in [-0.3, -0.25) is 9.89 Å². The van der Waals surface area contributed by atoms with Gasteiger partial charge in [0.1, 0.15) is 24.0 Å². The molecule has 7 nitrogen and oxygen atoms in total. The number of hydrogen-bond acceptors (Lipinski definition) is 5. The molecule has 0 saturated carbocycles. The summed E-state index contributed by atoms with van der Waals surface area (Å²) in [6.45, 7) is 2.57. The third-order valence-corrected chi connectivity index (χ3v) is 3.47. The minimum Gasteiger partial charge on any atom is -0.463 e. The number of H-pyrrole nitrogens is 1. The number of carbonyl (C=O) groups excluding carboxylic acids is 1. The van der Waals surface area contributed by atoms with E-state index in [-0.39, 0.29) is 5.91 Å². The molecule has 2 aromatic heterocycles. The zero-order valence-corrected chi connectivity index (χ0v) is 13.0. The van der Waals surface area contributed by atoms with Gasteiger partial charge in [-0.15, -0.1) is 0 Å². The minimum absolute atomic E-state index is 0.171. The Morgan fingerprint density at radius 2 is 2.38 bits per heavy atom. The van der Waals surface area contributed by atoms with Crippen LogP contribution in [0.25, 0.3) is 0 Å². The van der Waals surface area contributed by atoms with Crippen LogP contribution in [0, 0.1) is 11.7 Å². The van der Waals surface area contributed by atoms with Crippen LogP contribution in [-0.4, -0.2) is 34.3 Å². The molecule has 21 heavy (non-hydrogen) atoms. The standard InChI is InChI=1S/C13H18N4O3S/c1-8-10(6-9(20-8)7-19-3)12(18)14-5-4-11-15-16-13(21)17(11)2/h6H,4-5,7H2,1-3H3,(H,14,18)(H,16,21). The molecular weight excluding hydrogens is 292 g/mol. The summed E-state index contributed by atoms with van der Waals surface area (Å²) < 4.78 is 12.8. The van der Waals surface area contributed by atoms with Gasteiger partial charge in [-0.2, -0.15) is 5.10 Å². The van der Waals surface area contributed by atoms with Crippen molar-refractivity contribution in [2.24, 2.45) is 7.05 Å². The molecule has 0 aromatic carbocycles. The molecule has 0 fully saturated rings. The highest BCUT2D eigenvalue weighted by atomic mass is 32.1. The summed E-state index contributed by atoms with van der Waals surface area (Å²) in [5.74, 6) is 1.84. The molecule has 0 radical (unpaired) electrons. The van der Waals surface area contributed by atoms with Gasteiger partial charge in [0.2, 0.25) is 0 Å².